The molecule has 1 aromatic carbocycles. The van der Waals surface area contributed by atoms with Crippen molar-refractivity contribution in [1.82, 2.24) is 4.90 Å². The van der Waals surface area contributed by atoms with E-state index in [1.54, 1.807) is 4.90 Å². The number of anilines is 1. The molecule has 22 heavy (non-hydrogen) atoms. The topological polar surface area (TPSA) is 52.6 Å². The van der Waals surface area contributed by atoms with Crippen LogP contribution in [-0.2, 0) is 6.42 Å². The van der Waals surface area contributed by atoms with Crippen LogP contribution >= 0.6 is 0 Å². The van der Waals surface area contributed by atoms with Gasteiger partial charge in [-0.2, -0.15) is 0 Å². The van der Waals surface area contributed by atoms with Crippen LogP contribution < -0.4 is 5.32 Å². The van der Waals surface area contributed by atoms with Gasteiger partial charge in [0.2, 0.25) is 0 Å². The number of nitrogens with one attached hydrogen (secondary N) is 1. The molecule has 0 saturated carbocycles. The van der Waals surface area contributed by atoms with E-state index in [1.807, 2.05) is 25.1 Å². The molecule has 2 amide bonds. The maximum Gasteiger partial charge on any atom is 0.321 e. The highest BCUT2D eigenvalue weighted by Gasteiger charge is 2.21. The Balaban J connectivity index is 2.91. The summed E-state index contributed by atoms with van der Waals surface area (Å²) < 4.78 is 0. The molecular weight excluding hydrogens is 276 g/mol. The average Bonchev–Trinajstić information content (AvgIpc) is 2.44. The van der Waals surface area contributed by atoms with Crippen molar-refractivity contribution in [3.63, 3.8) is 0 Å². The van der Waals surface area contributed by atoms with E-state index < -0.39 is 0 Å². The van der Waals surface area contributed by atoms with Crippen molar-refractivity contribution in [2.45, 2.75) is 47.5 Å². The number of para-hydroxylation sites is 1. The number of aryl methyl sites for hydroxylation is 2. The molecule has 0 radical (unpaired) electrons. The third kappa shape index (κ3) is 5.68. The van der Waals surface area contributed by atoms with Crippen molar-refractivity contribution in [3.05, 3.63) is 29.3 Å². The van der Waals surface area contributed by atoms with Gasteiger partial charge in [-0.25, -0.2) is 4.79 Å². The molecule has 0 saturated heterocycles. The lowest BCUT2D eigenvalue weighted by Crippen LogP contribution is -2.41. The predicted molar refractivity (Wildman–Crippen MR) is 92.3 cm³/mol. The van der Waals surface area contributed by atoms with Gasteiger partial charge in [-0.05, 0) is 36.3 Å². The molecule has 124 valence electrons. The van der Waals surface area contributed by atoms with Crippen LogP contribution in [0.4, 0.5) is 10.5 Å². The summed E-state index contributed by atoms with van der Waals surface area (Å²) in [7, 11) is 0. The van der Waals surface area contributed by atoms with E-state index in [4.69, 9.17) is 5.11 Å². The molecule has 0 unspecified atom stereocenters. The summed E-state index contributed by atoms with van der Waals surface area (Å²) in [6.45, 7) is 11.7. The van der Waals surface area contributed by atoms with Gasteiger partial charge >= 0.3 is 6.03 Å². The molecule has 4 heteroatoms. The summed E-state index contributed by atoms with van der Waals surface area (Å²) >= 11 is 0. The van der Waals surface area contributed by atoms with Crippen LogP contribution in [0.2, 0.25) is 0 Å². The molecule has 0 aliphatic heterocycles. The Morgan fingerprint density at radius 3 is 2.55 bits per heavy atom. The zero-order chi connectivity index (χ0) is 16.8. The SMILES string of the molecule is CCc1cccc(C)c1NC(=O)N(CCCO)CC(C)(C)C. The van der Waals surface area contributed by atoms with Crippen molar-refractivity contribution in [1.29, 1.82) is 0 Å². The normalized spacial score (nSPS) is 11.4. The average molecular weight is 306 g/mol. The van der Waals surface area contributed by atoms with E-state index in [0.29, 0.717) is 19.5 Å². The molecule has 0 fully saturated rings. The highest BCUT2D eigenvalue weighted by atomic mass is 16.3. The molecule has 0 aliphatic carbocycles. The highest BCUT2D eigenvalue weighted by Crippen LogP contribution is 2.22. The monoisotopic (exact) mass is 306 g/mol. The van der Waals surface area contributed by atoms with Gasteiger partial charge in [0.25, 0.3) is 0 Å². The molecule has 0 bridgehead atoms. The maximum absolute atomic E-state index is 12.6. The van der Waals surface area contributed by atoms with Crippen LogP contribution in [0.1, 0.15) is 45.2 Å². The van der Waals surface area contributed by atoms with Crippen molar-refractivity contribution in [3.8, 4) is 0 Å². The summed E-state index contributed by atoms with van der Waals surface area (Å²) in [6, 6.07) is 5.98. The summed E-state index contributed by atoms with van der Waals surface area (Å²) in [4.78, 5) is 14.4. The summed E-state index contributed by atoms with van der Waals surface area (Å²) in [5, 5.41) is 12.1. The van der Waals surface area contributed by atoms with E-state index in [-0.39, 0.29) is 18.1 Å². The smallest absolute Gasteiger partial charge is 0.321 e. The molecule has 2 N–H and O–H groups in total. The molecule has 0 heterocycles. The number of aliphatic hydroxyl groups excluding tert-OH is 1. The van der Waals surface area contributed by atoms with Crippen LogP contribution in [0.3, 0.4) is 0 Å². The van der Waals surface area contributed by atoms with Gasteiger partial charge in [0, 0.05) is 25.4 Å². The molecule has 1 aromatic rings. The van der Waals surface area contributed by atoms with Gasteiger partial charge < -0.3 is 15.3 Å². The van der Waals surface area contributed by atoms with Crippen LogP contribution in [0.25, 0.3) is 0 Å². The first kappa shape index (κ1) is 18.5. The molecule has 0 atom stereocenters. The first-order valence-electron chi connectivity index (χ1n) is 8.03. The largest absolute Gasteiger partial charge is 0.396 e. The van der Waals surface area contributed by atoms with Gasteiger partial charge in [0.05, 0.1) is 0 Å². The Morgan fingerprint density at radius 2 is 2.00 bits per heavy atom. The molecule has 1 rings (SSSR count). The number of aliphatic hydroxyl groups is 1. The van der Waals surface area contributed by atoms with Crippen LogP contribution in [0.5, 0.6) is 0 Å². The lowest BCUT2D eigenvalue weighted by atomic mass is 9.96. The summed E-state index contributed by atoms with van der Waals surface area (Å²) in [6.07, 6.45) is 1.48. The van der Waals surface area contributed by atoms with Gasteiger partial charge in [0.1, 0.15) is 0 Å². The number of amides is 2. The van der Waals surface area contributed by atoms with E-state index in [1.165, 1.54) is 0 Å². The Bertz CT molecular complexity index is 492. The number of urea groups is 1. The zero-order valence-corrected chi connectivity index (χ0v) is 14.6. The van der Waals surface area contributed by atoms with Gasteiger partial charge in [-0.1, -0.05) is 45.9 Å². The second-order valence-electron chi connectivity index (χ2n) is 6.95. The van der Waals surface area contributed by atoms with E-state index in [9.17, 15) is 4.79 Å². The van der Waals surface area contributed by atoms with Crippen molar-refractivity contribution >= 4 is 11.7 Å². The van der Waals surface area contributed by atoms with Crippen molar-refractivity contribution in [2.75, 3.05) is 25.0 Å². The predicted octanol–water partition coefficient (Wildman–Crippen LogP) is 3.82. The lowest BCUT2D eigenvalue weighted by molar-refractivity contribution is 0.176. The minimum atomic E-state index is -0.0904. The van der Waals surface area contributed by atoms with E-state index in [2.05, 4.69) is 33.0 Å². The number of carbonyl (C=O) groups excluding carboxylic acids is 1. The van der Waals surface area contributed by atoms with E-state index in [0.717, 1.165) is 23.2 Å². The van der Waals surface area contributed by atoms with Gasteiger partial charge in [-0.3, -0.25) is 0 Å². The quantitative estimate of drug-likeness (QED) is 0.839. The number of carbonyl (C=O) groups is 1. The second kappa shape index (κ2) is 8.18. The first-order valence-corrected chi connectivity index (χ1v) is 8.03. The first-order chi connectivity index (χ1) is 10.3. The minimum absolute atomic E-state index is 0.0200. The van der Waals surface area contributed by atoms with E-state index >= 15 is 0 Å². The maximum atomic E-state index is 12.6. The number of benzene rings is 1. The minimum Gasteiger partial charge on any atom is -0.396 e. The van der Waals surface area contributed by atoms with Crippen LogP contribution in [0, 0.1) is 12.3 Å². The van der Waals surface area contributed by atoms with Crippen LogP contribution in [-0.4, -0.2) is 35.7 Å². The fraction of sp³-hybridized carbons (Fsp3) is 0.611. The van der Waals surface area contributed by atoms with Crippen LogP contribution in [0.15, 0.2) is 18.2 Å². The Kier molecular flexibility index (Phi) is 6.88. The van der Waals surface area contributed by atoms with Gasteiger partial charge in [0.15, 0.2) is 0 Å². The molecular formula is C18H30N2O2. The third-order valence-corrected chi connectivity index (χ3v) is 3.51. The summed E-state index contributed by atoms with van der Waals surface area (Å²) in [5.41, 5.74) is 3.15. The molecule has 0 aromatic heterocycles. The third-order valence-electron chi connectivity index (χ3n) is 3.51. The van der Waals surface area contributed by atoms with Gasteiger partial charge in [-0.15, -0.1) is 0 Å². The van der Waals surface area contributed by atoms with Crippen molar-refractivity contribution < 1.29 is 9.90 Å². The molecule has 4 nitrogen and oxygen atoms in total. The number of hydrogen-bond donors (Lipinski definition) is 2. The number of hydrogen-bond acceptors (Lipinski definition) is 2. The Labute approximate surface area is 134 Å². The Morgan fingerprint density at radius 1 is 1.32 bits per heavy atom. The second-order valence-corrected chi connectivity index (χ2v) is 6.95. The number of rotatable bonds is 6. The van der Waals surface area contributed by atoms with Crippen molar-refractivity contribution in [2.24, 2.45) is 5.41 Å². The fourth-order valence-corrected chi connectivity index (χ4v) is 2.47. The fourth-order valence-electron chi connectivity index (χ4n) is 2.47. The number of nitrogens with zero attached hydrogens (tertiary/aromatic N) is 1. The highest BCUT2D eigenvalue weighted by molar-refractivity contribution is 5.91. The Hall–Kier alpha value is -1.55. The molecule has 0 aliphatic rings. The summed E-state index contributed by atoms with van der Waals surface area (Å²) in [5.74, 6) is 0. The lowest BCUT2D eigenvalue weighted by Gasteiger charge is -2.30. The molecule has 0 spiro atoms. The zero-order valence-electron chi connectivity index (χ0n) is 14.6. The standard InChI is InChI=1S/C18H30N2O2/c1-6-15-10-7-9-14(2)16(15)19-17(22)20(11-8-12-21)13-18(3,4)5/h7,9-10,21H,6,8,11-13H2,1-5H3,(H,19,22).